The van der Waals surface area contributed by atoms with Crippen LogP contribution in [0.3, 0.4) is 0 Å². The number of hydrogen-bond acceptors (Lipinski definition) is 5. The van der Waals surface area contributed by atoms with E-state index in [-0.39, 0.29) is 17.9 Å². The second-order valence-electron chi connectivity index (χ2n) is 7.42. The van der Waals surface area contributed by atoms with Gasteiger partial charge < -0.3 is 14.6 Å². The van der Waals surface area contributed by atoms with Crippen molar-refractivity contribution < 1.29 is 9.53 Å². The van der Waals surface area contributed by atoms with E-state index in [4.69, 9.17) is 4.74 Å². The summed E-state index contributed by atoms with van der Waals surface area (Å²) in [5.74, 6) is 1.76. The number of carbonyl (C=O) groups is 1. The normalized spacial score (nSPS) is 18.5. The van der Waals surface area contributed by atoms with Crippen LogP contribution < -0.4 is 10.1 Å². The third kappa shape index (κ3) is 4.67. The number of amides is 1. The van der Waals surface area contributed by atoms with Crippen LogP contribution in [0.4, 0.5) is 5.82 Å². The maximum atomic E-state index is 12.9. The molecule has 0 aliphatic carbocycles. The van der Waals surface area contributed by atoms with Crippen LogP contribution in [-0.4, -0.2) is 32.3 Å². The van der Waals surface area contributed by atoms with E-state index >= 15 is 0 Å². The molecule has 3 heterocycles. The molecule has 7 heteroatoms. The highest BCUT2D eigenvalue weighted by atomic mass is 16.5. The molecule has 3 aromatic rings. The van der Waals surface area contributed by atoms with E-state index in [2.05, 4.69) is 34.3 Å². The number of aromatic nitrogens is 4. The zero-order chi connectivity index (χ0) is 21.7. The highest BCUT2D eigenvalue weighted by molar-refractivity contribution is 6.06. The molecule has 0 spiro atoms. The standard InChI is InChI=1S/C21H23N5O2.C2H6/c1-13-7-8-18-16(10-13)21(27)24-19-6-4-5-17(23-19)20-25-22-12-26(20)15(3)9-14(2)11-28-18;1-2/h4-8,10,12,14-15H,9,11H2,1-3H3,(H,23,24,27);1-2H3. The first-order valence-electron chi connectivity index (χ1n) is 10.4. The molecule has 1 amide bonds. The predicted octanol–water partition coefficient (Wildman–Crippen LogP) is 4.91. The minimum Gasteiger partial charge on any atom is -0.492 e. The van der Waals surface area contributed by atoms with Crippen LogP contribution in [0.2, 0.25) is 0 Å². The van der Waals surface area contributed by atoms with Gasteiger partial charge in [-0.3, -0.25) is 4.79 Å². The lowest BCUT2D eigenvalue weighted by Gasteiger charge is -2.21. The van der Waals surface area contributed by atoms with Gasteiger partial charge in [0.05, 0.1) is 12.2 Å². The summed E-state index contributed by atoms with van der Waals surface area (Å²) in [4.78, 5) is 17.5. The van der Waals surface area contributed by atoms with Gasteiger partial charge in [-0.1, -0.05) is 38.5 Å². The van der Waals surface area contributed by atoms with Crippen LogP contribution >= 0.6 is 0 Å². The Morgan fingerprint density at radius 2 is 1.97 bits per heavy atom. The molecule has 2 bridgehead atoms. The Bertz CT molecular complexity index is 1010. The first-order valence-corrected chi connectivity index (χ1v) is 10.4. The van der Waals surface area contributed by atoms with Gasteiger partial charge in [-0.05, 0) is 50.5 Å². The van der Waals surface area contributed by atoms with E-state index in [0.717, 1.165) is 12.0 Å². The van der Waals surface area contributed by atoms with Crippen molar-refractivity contribution >= 4 is 11.7 Å². The number of nitrogens with zero attached hydrogens (tertiary/aromatic N) is 4. The summed E-state index contributed by atoms with van der Waals surface area (Å²) in [6.45, 7) is 10.8. The molecule has 2 aromatic heterocycles. The minimum absolute atomic E-state index is 0.184. The van der Waals surface area contributed by atoms with E-state index in [1.807, 2.05) is 55.7 Å². The van der Waals surface area contributed by atoms with Crippen molar-refractivity contribution in [2.45, 2.75) is 47.1 Å². The summed E-state index contributed by atoms with van der Waals surface area (Å²) in [6.07, 6.45) is 2.61. The number of rotatable bonds is 0. The third-order valence-corrected chi connectivity index (χ3v) is 4.91. The van der Waals surface area contributed by atoms with E-state index < -0.39 is 0 Å². The zero-order valence-electron chi connectivity index (χ0n) is 18.2. The Morgan fingerprint density at radius 3 is 2.77 bits per heavy atom. The fourth-order valence-corrected chi connectivity index (χ4v) is 3.50. The van der Waals surface area contributed by atoms with Crippen LogP contribution in [0.15, 0.2) is 42.7 Å². The molecular formula is C23H29N5O2. The van der Waals surface area contributed by atoms with Gasteiger partial charge in [0.15, 0.2) is 5.82 Å². The third-order valence-electron chi connectivity index (χ3n) is 4.91. The highest BCUT2D eigenvalue weighted by Crippen LogP contribution is 2.27. The quantitative estimate of drug-likeness (QED) is 0.573. The van der Waals surface area contributed by atoms with Crippen molar-refractivity contribution in [3.63, 3.8) is 0 Å². The van der Waals surface area contributed by atoms with Gasteiger partial charge in [0.1, 0.15) is 23.6 Å². The molecule has 2 atom stereocenters. The summed E-state index contributed by atoms with van der Waals surface area (Å²) < 4.78 is 8.04. The SMILES string of the molecule is CC.Cc1ccc2c(c1)C(=O)Nc1cccc(n1)-c1nncn1C(C)CC(C)CO2. The molecule has 0 fully saturated rings. The fourth-order valence-electron chi connectivity index (χ4n) is 3.50. The van der Waals surface area contributed by atoms with Crippen LogP contribution in [0.25, 0.3) is 11.5 Å². The number of nitrogens with one attached hydrogen (secondary N) is 1. The van der Waals surface area contributed by atoms with Crippen molar-refractivity contribution in [2.24, 2.45) is 5.92 Å². The van der Waals surface area contributed by atoms with Crippen LogP contribution in [0.1, 0.15) is 56.1 Å². The monoisotopic (exact) mass is 407 g/mol. The Morgan fingerprint density at radius 1 is 1.17 bits per heavy atom. The Hall–Kier alpha value is -3.22. The summed E-state index contributed by atoms with van der Waals surface area (Å²) in [7, 11) is 0. The van der Waals surface area contributed by atoms with Gasteiger partial charge in [-0.25, -0.2) is 4.98 Å². The maximum absolute atomic E-state index is 12.9. The van der Waals surface area contributed by atoms with E-state index in [1.165, 1.54) is 0 Å². The molecule has 1 N–H and O–H groups in total. The lowest BCUT2D eigenvalue weighted by atomic mass is 10.0. The minimum atomic E-state index is -0.247. The van der Waals surface area contributed by atoms with Gasteiger partial charge in [0.25, 0.3) is 5.91 Å². The average molecular weight is 408 g/mol. The van der Waals surface area contributed by atoms with E-state index in [1.54, 1.807) is 12.4 Å². The predicted molar refractivity (Wildman–Crippen MR) is 118 cm³/mol. The Labute approximate surface area is 177 Å². The first-order chi connectivity index (χ1) is 14.5. The number of benzene rings is 1. The van der Waals surface area contributed by atoms with E-state index in [9.17, 15) is 4.79 Å². The molecule has 0 saturated carbocycles. The number of aryl methyl sites for hydroxylation is 1. The molecule has 0 saturated heterocycles. The Balaban J connectivity index is 0.00000124. The molecular weight excluding hydrogens is 378 g/mol. The van der Waals surface area contributed by atoms with Crippen molar-refractivity contribution in [1.82, 2.24) is 19.7 Å². The number of pyridine rings is 1. The highest BCUT2D eigenvalue weighted by Gasteiger charge is 2.20. The number of anilines is 1. The maximum Gasteiger partial charge on any atom is 0.260 e. The number of hydrogen-bond donors (Lipinski definition) is 1. The number of fused-ring (bicyclic) bond motifs is 5. The van der Waals surface area contributed by atoms with Gasteiger partial charge >= 0.3 is 0 Å². The smallest absolute Gasteiger partial charge is 0.260 e. The molecule has 158 valence electrons. The van der Waals surface area contributed by atoms with Crippen molar-refractivity contribution in [3.8, 4) is 17.3 Å². The van der Waals surface area contributed by atoms with Gasteiger partial charge in [0.2, 0.25) is 0 Å². The lowest BCUT2D eigenvalue weighted by molar-refractivity contribution is 0.102. The Kier molecular flexibility index (Phi) is 6.82. The van der Waals surface area contributed by atoms with Crippen molar-refractivity contribution in [3.05, 3.63) is 53.9 Å². The second kappa shape index (κ2) is 9.52. The van der Waals surface area contributed by atoms with E-state index in [0.29, 0.717) is 35.3 Å². The second-order valence-corrected chi connectivity index (χ2v) is 7.42. The fraction of sp³-hybridized carbons (Fsp3) is 0.391. The van der Waals surface area contributed by atoms with Crippen LogP contribution in [-0.2, 0) is 0 Å². The summed E-state index contributed by atoms with van der Waals surface area (Å²) in [5, 5.41) is 11.2. The van der Waals surface area contributed by atoms with Crippen molar-refractivity contribution in [1.29, 1.82) is 0 Å². The average Bonchev–Trinajstić information content (AvgIpc) is 3.24. The first kappa shape index (κ1) is 21.5. The van der Waals surface area contributed by atoms with Crippen molar-refractivity contribution in [2.75, 3.05) is 11.9 Å². The van der Waals surface area contributed by atoms with Gasteiger partial charge in [0, 0.05) is 6.04 Å². The number of carbonyl (C=O) groups excluding carboxylic acids is 1. The summed E-state index contributed by atoms with van der Waals surface area (Å²) >= 11 is 0. The summed E-state index contributed by atoms with van der Waals surface area (Å²) in [5.41, 5.74) is 2.18. The number of ether oxygens (including phenoxy) is 1. The molecule has 30 heavy (non-hydrogen) atoms. The van der Waals surface area contributed by atoms with Gasteiger partial charge in [-0.2, -0.15) is 0 Å². The molecule has 1 aliphatic heterocycles. The van der Waals surface area contributed by atoms with Crippen LogP contribution in [0, 0.1) is 12.8 Å². The topological polar surface area (TPSA) is 81.9 Å². The molecule has 0 radical (unpaired) electrons. The summed E-state index contributed by atoms with van der Waals surface area (Å²) in [6, 6.07) is 11.3. The largest absolute Gasteiger partial charge is 0.492 e. The molecule has 7 nitrogen and oxygen atoms in total. The molecule has 1 aliphatic rings. The molecule has 2 unspecified atom stereocenters. The molecule has 1 aromatic carbocycles. The lowest BCUT2D eigenvalue weighted by Crippen LogP contribution is -2.19. The molecule has 4 rings (SSSR count). The zero-order valence-corrected chi connectivity index (χ0v) is 18.2. The van der Waals surface area contributed by atoms with Crippen LogP contribution in [0.5, 0.6) is 5.75 Å². The van der Waals surface area contributed by atoms with Gasteiger partial charge in [-0.15, -0.1) is 10.2 Å².